The van der Waals surface area contributed by atoms with Crippen molar-refractivity contribution >= 4 is 38.5 Å². The average Bonchev–Trinajstić information content (AvgIpc) is 2.43. The van der Waals surface area contributed by atoms with Gasteiger partial charge in [0.1, 0.15) is 0 Å². The molecule has 0 aliphatic carbocycles. The fourth-order valence-corrected chi connectivity index (χ4v) is 3.45. The van der Waals surface area contributed by atoms with Gasteiger partial charge in [-0.3, -0.25) is 0 Å². The van der Waals surface area contributed by atoms with Crippen molar-refractivity contribution in [2.45, 2.75) is 32.2 Å². The summed E-state index contributed by atoms with van der Waals surface area (Å²) in [4.78, 5) is 2.61. The zero-order chi connectivity index (χ0) is 13.5. The van der Waals surface area contributed by atoms with E-state index < -0.39 is 0 Å². The molecule has 106 valence electrons. The van der Waals surface area contributed by atoms with Crippen LogP contribution in [0.5, 0.6) is 0 Å². The van der Waals surface area contributed by atoms with Crippen molar-refractivity contribution in [2.24, 2.45) is 0 Å². The molecule has 1 aromatic rings. The van der Waals surface area contributed by atoms with Gasteiger partial charge in [0.2, 0.25) is 0 Å². The molecule has 1 N–H and O–H groups in total. The minimum absolute atomic E-state index is 0.970. The molecule has 1 saturated heterocycles. The van der Waals surface area contributed by atoms with Gasteiger partial charge in [-0.2, -0.15) is 0 Å². The summed E-state index contributed by atoms with van der Waals surface area (Å²) in [5.74, 6) is 0. The topological polar surface area (TPSA) is 15.3 Å². The summed E-state index contributed by atoms with van der Waals surface area (Å²) in [6, 6.07) is 6.47. The molecule has 1 aliphatic heterocycles. The molecular weight excluding hydrogens is 415 g/mol. The second kappa shape index (κ2) is 8.60. The van der Waals surface area contributed by atoms with E-state index >= 15 is 0 Å². The lowest BCUT2D eigenvalue weighted by Crippen LogP contribution is -2.32. The minimum atomic E-state index is 0.970. The number of hydrogen-bond acceptors (Lipinski definition) is 2. The zero-order valence-corrected chi connectivity index (χ0v) is 15.0. The van der Waals surface area contributed by atoms with Gasteiger partial charge in [-0.15, -0.1) is 0 Å². The molecule has 0 bridgehead atoms. The molecule has 0 saturated carbocycles. The van der Waals surface area contributed by atoms with E-state index in [9.17, 15) is 0 Å². The van der Waals surface area contributed by atoms with E-state index in [-0.39, 0.29) is 0 Å². The molecule has 1 aromatic carbocycles. The number of nitrogens with one attached hydrogen (secondary N) is 1. The van der Waals surface area contributed by atoms with Crippen molar-refractivity contribution in [1.82, 2.24) is 10.2 Å². The van der Waals surface area contributed by atoms with Crippen LogP contribution in [0.25, 0.3) is 0 Å². The van der Waals surface area contributed by atoms with E-state index in [0.29, 0.717) is 0 Å². The first-order chi connectivity index (χ1) is 9.25. The third-order valence-electron chi connectivity index (χ3n) is 3.60. The SMILES string of the molecule is Brc1ccc(I)c(CNCCCN2CCCCC2)c1. The maximum Gasteiger partial charge on any atom is 0.0216 e. The highest BCUT2D eigenvalue weighted by Crippen LogP contribution is 2.18. The van der Waals surface area contributed by atoms with Crippen molar-refractivity contribution in [3.8, 4) is 0 Å². The highest BCUT2D eigenvalue weighted by molar-refractivity contribution is 14.1. The van der Waals surface area contributed by atoms with Gasteiger partial charge < -0.3 is 10.2 Å². The Labute approximate surface area is 138 Å². The predicted molar refractivity (Wildman–Crippen MR) is 93.5 cm³/mol. The Kier molecular flexibility index (Phi) is 7.12. The molecule has 1 heterocycles. The molecule has 0 spiro atoms. The maximum atomic E-state index is 3.56. The Morgan fingerprint density at radius 1 is 1.21 bits per heavy atom. The van der Waals surface area contributed by atoms with Crippen LogP contribution in [-0.4, -0.2) is 31.1 Å². The van der Waals surface area contributed by atoms with Crippen molar-refractivity contribution in [3.63, 3.8) is 0 Å². The number of halogens is 2. The molecular formula is C15H22BrIN2. The Bertz CT molecular complexity index is 392. The van der Waals surface area contributed by atoms with Gasteiger partial charge in [-0.1, -0.05) is 22.4 Å². The van der Waals surface area contributed by atoms with Gasteiger partial charge in [0, 0.05) is 14.6 Å². The number of piperidine rings is 1. The quantitative estimate of drug-likeness (QED) is 0.535. The van der Waals surface area contributed by atoms with Gasteiger partial charge >= 0.3 is 0 Å². The van der Waals surface area contributed by atoms with Crippen LogP contribution in [0.3, 0.4) is 0 Å². The monoisotopic (exact) mass is 436 g/mol. The number of likely N-dealkylation sites (tertiary alicyclic amines) is 1. The van der Waals surface area contributed by atoms with Crippen LogP contribution in [0.2, 0.25) is 0 Å². The first-order valence-electron chi connectivity index (χ1n) is 7.13. The number of rotatable bonds is 6. The predicted octanol–water partition coefficient (Wildman–Crippen LogP) is 4.02. The lowest BCUT2D eigenvalue weighted by molar-refractivity contribution is 0.225. The summed E-state index contributed by atoms with van der Waals surface area (Å²) >= 11 is 5.94. The van der Waals surface area contributed by atoms with Crippen LogP contribution in [0.4, 0.5) is 0 Å². The number of nitrogens with zero attached hydrogens (tertiary/aromatic N) is 1. The standard InChI is InChI=1S/C15H22BrIN2/c16-14-5-6-15(17)13(11-14)12-18-7-4-10-19-8-2-1-3-9-19/h5-6,11,18H,1-4,7-10,12H2. The molecule has 1 fully saturated rings. The molecule has 2 rings (SSSR count). The molecule has 4 heteroatoms. The summed E-state index contributed by atoms with van der Waals surface area (Å²) in [6.45, 7) is 5.95. The van der Waals surface area contributed by atoms with Crippen molar-refractivity contribution < 1.29 is 0 Å². The van der Waals surface area contributed by atoms with E-state index in [1.54, 1.807) is 0 Å². The second-order valence-electron chi connectivity index (χ2n) is 5.17. The third kappa shape index (κ3) is 5.69. The van der Waals surface area contributed by atoms with Gasteiger partial charge in [-0.05, 0) is 91.8 Å². The second-order valence-corrected chi connectivity index (χ2v) is 7.25. The molecule has 0 amide bonds. The fraction of sp³-hybridized carbons (Fsp3) is 0.600. The highest BCUT2D eigenvalue weighted by Gasteiger charge is 2.08. The smallest absolute Gasteiger partial charge is 0.0216 e. The zero-order valence-electron chi connectivity index (χ0n) is 11.3. The van der Waals surface area contributed by atoms with Crippen LogP contribution >= 0.6 is 38.5 Å². The minimum Gasteiger partial charge on any atom is -0.313 e. The van der Waals surface area contributed by atoms with Gasteiger partial charge in [0.05, 0.1) is 0 Å². The Hall–Kier alpha value is 0.350. The molecule has 0 atom stereocenters. The maximum absolute atomic E-state index is 3.56. The number of hydrogen-bond donors (Lipinski definition) is 1. The molecule has 2 nitrogen and oxygen atoms in total. The Morgan fingerprint density at radius 2 is 2.00 bits per heavy atom. The van der Waals surface area contributed by atoms with Crippen molar-refractivity contribution in [3.05, 3.63) is 31.8 Å². The summed E-state index contributed by atoms with van der Waals surface area (Å²) in [5.41, 5.74) is 1.38. The lowest BCUT2D eigenvalue weighted by Gasteiger charge is -2.26. The fourth-order valence-electron chi connectivity index (χ4n) is 2.51. The summed E-state index contributed by atoms with van der Waals surface area (Å²) in [5, 5.41) is 3.56. The van der Waals surface area contributed by atoms with E-state index in [0.717, 1.165) is 17.6 Å². The van der Waals surface area contributed by atoms with Gasteiger partial charge in [-0.25, -0.2) is 0 Å². The van der Waals surface area contributed by atoms with Crippen LogP contribution in [0.1, 0.15) is 31.2 Å². The van der Waals surface area contributed by atoms with Gasteiger partial charge in [0.15, 0.2) is 0 Å². The molecule has 0 aromatic heterocycles. The van der Waals surface area contributed by atoms with Gasteiger partial charge in [0.25, 0.3) is 0 Å². The molecule has 0 radical (unpaired) electrons. The van der Waals surface area contributed by atoms with E-state index in [2.05, 4.69) is 66.9 Å². The Morgan fingerprint density at radius 3 is 2.79 bits per heavy atom. The van der Waals surface area contributed by atoms with E-state index in [1.807, 2.05) is 0 Å². The normalized spacial score (nSPS) is 16.7. The van der Waals surface area contributed by atoms with Crippen LogP contribution in [0.15, 0.2) is 22.7 Å². The van der Waals surface area contributed by atoms with Crippen LogP contribution in [-0.2, 0) is 6.54 Å². The average molecular weight is 437 g/mol. The van der Waals surface area contributed by atoms with Crippen LogP contribution in [0, 0.1) is 3.57 Å². The lowest BCUT2D eigenvalue weighted by atomic mass is 10.1. The van der Waals surface area contributed by atoms with E-state index in [4.69, 9.17) is 0 Å². The van der Waals surface area contributed by atoms with Crippen LogP contribution < -0.4 is 5.32 Å². The van der Waals surface area contributed by atoms with Crippen molar-refractivity contribution in [2.75, 3.05) is 26.2 Å². The Balaban J connectivity index is 1.62. The molecule has 1 aliphatic rings. The largest absolute Gasteiger partial charge is 0.313 e. The van der Waals surface area contributed by atoms with E-state index in [1.165, 1.54) is 54.5 Å². The number of benzene rings is 1. The summed E-state index contributed by atoms with van der Waals surface area (Å²) < 4.78 is 2.50. The molecule has 19 heavy (non-hydrogen) atoms. The molecule has 0 unspecified atom stereocenters. The third-order valence-corrected chi connectivity index (χ3v) is 5.15. The highest BCUT2D eigenvalue weighted by atomic mass is 127. The first kappa shape index (κ1) is 15.7. The summed E-state index contributed by atoms with van der Waals surface area (Å²) in [7, 11) is 0. The van der Waals surface area contributed by atoms with Crippen molar-refractivity contribution in [1.29, 1.82) is 0 Å². The summed E-state index contributed by atoms with van der Waals surface area (Å²) in [6.07, 6.45) is 5.47. The first-order valence-corrected chi connectivity index (χ1v) is 9.00.